The van der Waals surface area contributed by atoms with Crippen molar-refractivity contribution in [1.82, 2.24) is 64.1 Å². The minimum atomic E-state index is -1.73. The fraction of sp³-hybridized carbons (Fsp3) is 0.562. The van der Waals surface area contributed by atoms with Crippen molar-refractivity contribution in [1.29, 1.82) is 0 Å². The fourth-order valence-electron chi connectivity index (χ4n) is 12.5. The number of allylic oxidation sites excluding steroid dienone is 2. The number of aliphatic hydroxyl groups excluding tert-OH is 1. The molecule has 0 aliphatic carbocycles. The SMILES string of the molecule is CC(=O)N[C@@H](CC(C)C)C(=O)N[C@H](C(=O)C(=O)[C@H](Cc1ccccc1)NN[C@]1(C)CCCCCCC=CCCC[C@@](C)(C=O)NC(=O)[C@H](CCC(C)C)NN[C@@H](CCC(N)=O)C(=O)CN[C@@H](C)C(=O)CC(=O)[C@H](Cc2c[nH]c3ccccc23)NN[C@@H](Cc2ccc(O)cc2)C(=O)CC(=O)[C@H](C)NCC1=O)[C@@H](C)O. The van der Waals surface area contributed by atoms with E-state index in [-0.39, 0.29) is 62.5 Å². The summed E-state index contributed by atoms with van der Waals surface area (Å²) in [6, 6.07) is 11.3. The Labute approximate surface area is 634 Å². The molecule has 12 atom stereocenters. The fourth-order valence-corrected chi connectivity index (χ4v) is 12.5. The summed E-state index contributed by atoms with van der Waals surface area (Å²) in [4.78, 5) is 184. The van der Waals surface area contributed by atoms with Crippen molar-refractivity contribution >= 4 is 87.1 Å². The normalized spacial score (nSPS) is 23.9. The molecule has 108 heavy (non-hydrogen) atoms. The second-order valence-corrected chi connectivity index (χ2v) is 30.0. The zero-order valence-corrected chi connectivity index (χ0v) is 64.4. The second kappa shape index (κ2) is 45.3. The van der Waals surface area contributed by atoms with Crippen molar-refractivity contribution in [2.45, 2.75) is 263 Å². The minimum Gasteiger partial charge on any atom is -0.508 e. The molecular weight excluding hydrogens is 1380 g/mol. The van der Waals surface area contributed by atoms with Crippen LogP contribution in [0, 0.1) is 11.8 Å². The number of aromatic amines is 1. The number of aliphatic hydroxyl groups is 1. The van der Waals surface area contributed by atoms with Gasteiger partial charge in [0.15, 0.2) is 34.7 Å². The van der Waals surface area contributed by atoms with E-state index in [2.05, 4.69) is 64.1 Å². The van der Waals surface area contributed by atoms with Crippen molar-refractivity contribution < 1.29 is 72.5 Å². The number of nitrogens with two attached hydrogens (primary N) is 1. The van der Waals surface area contributed by atoms with E-state index in [9.17, 15) is 72.5 Å². The number of benzene rings is 3. The number of hydrogen-bond donors (Lipinski definition) is 15. The number of primary amides is 1. The van der Waals surface area contributed by atoms with E-state index in [0.29, 0.717) is 74.3 Å². The molecule has 1 aromatic heterocycles. The number of aromatic nitrogens is 1. The summed E-state index contributed by atoms with van der Waals surface area (Å²) in [6.45, 7) is 15.5. The molecule has 28 heteroatoms. The molecule has 0 spiro atoms. The maximum absolute atomic E-state index is 14.9. The third kappa shape index (κ3) is 30.7. The van der Waals surface area contributed by atoms with E-state index >= 15 is 0 Å². The average molecular weight is 1500 g/mol. The Bertz CT molecular complexity index is 3690. The van der Waals surface area contributed by atoms with Gasteiger partial charge in [0.05, 0.1) is 85.4 Å². The van der Waals surface area contributed by atoms with E-state index in [1.165, 1.54) is 39.8 Å². The Morgan fingerprint density at radius 2 is 1.22 bits per heavy atom. The molecule has 2 heterocycles. The molecule has 0 radical (unpaired) electrons. The lowest BCUT2D eigenvalue weighted by Crippen LogP contribution is -2.63. The summed E-state index contributed by atoms with van der Waals surface area (Å²) < 4.78 is 0. The number of para-hydroxylation sites is 1. The standard InChI is InChI=1S/C80H117N13O15/c1-49(2)29-34-62-78(108)87-79(9,48-94)37-23-16-14-12-11-13-15-17-24-38-80(10,93-92-65(41-55-25-19-18-20-26-55)75(105)76(106)74(53(7)95)86-77(107)66(39-50(3)4)85-54(8)96)72(103)47-83-52(6)68(99)43-69(100)63(40-56-30-32-58(97)33-31-56)90-91-64(42-57-45-84-60-28-22-21-27-59(57)60)70(101)44-67(98)51(5)82-46-71(102)61(88-89-62)35-36-73(81)104/h12,14,18-22,25-28,30-33,45,48-53,61-66,74,82-84,88-93,95,97H,11,13,15-17,23-24,29,34-44,46-47H2,1-10H3,(H2,81,104)(H,85,96)(H,86,107)(H,87,108)/t51-,52-,53+,61-,62-,63-,64-,65-,66-,74-,79-,80+/m0/s1. The van der Waals surface area contributed by atoms with E-state index in [4.69, 9.17) is 5.73 Å². The molecule has 0 fully saturated rings. The van der Waals surface area contributed by atoms with Crippen molar-refractivity contribution in [2.24, 2.45) is 17.6 Å². The number of fused-ring (bicyclic) bond motifs is 1. The van der Waals surface area contributed by atoms with E-state index in [0.717, 1.165) is 23.7 Å². The molecule has 0 unspecified atom stereocenters. The first-order valence-corrected chi connectivity index (χ1v) is 37.8. The number of ketones is 8. The number of carbonyl (C=O) groups is 13. The molecule has 16 N–H and O–H groups in total. The number of Topliss-reactive ketones (excluding diaryl/α,β-unsaturated/α-hetero) is 8. The predicted octanol–water partition coefficient (Wildman–Crippen LogP) is 4.35. The number of rotatable bonds is 25. The third-order valence-corrected chi connectivity index (χ3v) is 19.5. The molecule has 4 aromatic rings. The van der Waals surface area contributed by atoms with Crippen LogP contribution in [0.5, 0.6) is 5.75 Å². The monoisotopic (exact) mass is 1500 g/mol. The van der Waals surface area contributed by atoms with E-state index < -0.39 is 167 Å². The number of carbonyl (C=O) groups excluding carboxylic acids is 13. The van der Waals surface area contributed by atoms with Crippen molar-refractivity contribution in [2.75, 3.05) is 13.1 Å². The highest BCUT2D eigenvalue weighted by Crippen LogP contribution is 2.23. The van der Waals surface area contributed by atoms with Gasteiger partial charge >= 0.3 is 0 Å². The maximum atomic E-state index is 14.9. The number of H-pyrrole nitrogens is 1. The van der Waals surface area contributed by atoms with Gasteiger partial charge in [-0.3, -0.25) is 57.5 Å². The molecule has 5 rings (SSSR count). The molecule has 28 nitrogen and oxygen atoms in total. The Morgan fingerprint density at radius 3 is 1.83 bits per heavy atom. The Hall–Kier alpha value is -8.71. The number of aromatic hydroxyl groups is 1. The van der Waals surface area contributed by atoms with Crippen LogP contribution in [0.4, 0.5) is 0 Å². The molecule has 1 aliphatic heterocycles. The minimum absolute atomic E-state index is 0.00458. The molecule has 0 bridgehead atoms. The zero-order valence-electron chi connectivity index (χ0n) is 64.4. The largest absolute Gasteiger partial charge is 0.508 e. The van der Waals surface area contributed by atoms with Gasteiger partial charge in [0.1, 0.15) is 24.1 Å². The Morgan fingerprint density at radius 1 is 0.630 bits per heavy atom. The zero-order chi connectivity index (χ0) is 79.7. The van der Waals surface area contributed by atoms with Crippen LogP contribution >= 0.6 is 0 Å². The number of hydrazine groups is 3. The van der Waals surface area contributed by atoms with E-state index in [1.807, 2.05) is 64.1 Å². The lowest BCUT2D eigenvalue weighted by atomic mass is 9.89. The highest BCUT2D eigenvalue weighted by Gasteiger charge is 2.40. The number of aldehydes is 1. The topological polar surface area (TPSA) is 437 Å². The van der Waals surface area contributed by atoms with Gasteiger partial charge in [-0.2, -0.15) is 0 Å². The predicted molar refractivity (Wildman–Crippen MR) is 411 cm³/mol. The molecule has 592 valence electrons. The van der Waals surface area contributed by atoms with Crippen LogP contribution in [0.25, 0.3) is 10.9 Å². The van der Waals surface area contributed by atoms with Gasteiger partial charge in [-0.1, -0.05) is 120 Å². The first-order valence-electron chi connectivity index (χ1n) is 37.8. The Kier molecular flexibility index (Phi) is 37.7. The quantitative estimate of drug-likeness (QED) is 0.0144. The van der Waals surface area contributed by atoms with Gasteiger partial charge in [0.25, 0.3) is 0 Å². The van der Waals surface area contributed by atoms with Crippen LogP contribution < -0.4 is 64.9 Å². The van der Waals surface area contributed by atoms with Gasteiger partial charge in [0.2, 0.25) is 35.2 Å². The van der Waals surface area contributed by atoms with Crippen LogP contribution in [0.1, 0.15) is 189 Å². The first kappa shape index (κ1) is 89.9. The maximum Gasteiger partial charge on any atom is 0.243 e. The summed E-state index contributed by atoms with van der Waals surface area (Å²) >= 11 is 0. The second-order valence-electron chi connectivity index (χ2n) is 30.0. The number of nitrogens with one attached hydrogen (secondary N) is 12. The Balaban J connectivity index is 1.48. The highest BCUT2D eigenvalue weighted by molar-refractivity contribution is 6.41. The van der Waals surface area contributed by atoms with Crippen molar-refractivity contribution in [3.8, 4) is 5.75 Å². The summed E-state index contributed by atoms with van der Waals surface area (Å²) in [6.07, 6.45) is 9.13. The van der Waals surface area contributed by atoms with Gasteiger partial charge in [-0.15, -0.1) is 0 Å². The lowest BCUT2D eigenvalue weighted by molar-refractivity contribution is -0.142. The molecule has 4 amide bonds. The van der Waals surface area contributed by atoms with Crippen LogP contribution in [0.3, 0.4) is 0 Å². The van der Waals surface area contributed by atoms with Gasteiger partial charge in [-0.05, 0) is 165 Å². The molecule has 0 saturated carbocycles. The third-order valence-electron chi connectivity index (χ3n) is 19.5. The molecule has 0 saturated heterocycles. The number of amides is 4. The van der Waals surface area contributed by atoms with E-state index in [1.54, 1.807) is 62.5 Å². The van der Waals surface area contributed by atoms with Crippen LogP contribution in [-0.4, -0.2) is 176 Å². The summed E-state index contributed by atoms with van der Waals surface area (Å²) in [5, 5.41) is 35.9. The average Bonchev–Trinajstić information content (AvgIpc) is 1.60. The lowest BCUT2D eigenvalue weighted by Gasteiger charge is -2.33. The molecule has 3 aromatic carbocycles. The van der Waals surface area contributed by atoms with Gasteiger partial charge < -0.3 is 52.3 Å². The number of phenols is 1. The summed E-state index contributed by atoms with van der Waals surface area (Å²) in [7, 11) is 0. The first-order chi connectivity index (χ1) is 51.2. The summed E-state index contributed by atoms with van der Waals surface area (Å²) in [5.74, 6) is -8.00. The number of phenolic OH excluding ortho intramolecular Hbond substituents is 1. The summed E-state index contributed by atoms with van der Waals surface area (Å²) in [5.41, 5.74) is 23.5. The van der Waals surface area contributed by atoms with Gasteiger partial charge in [-0.25, -0.2) is 32.6 Å². The van der Waals surface area contributed by atoms with Crippen LogP contribution in [-0.2, 0) is 81.6 Å². The van der Waals surface area contributed by atoms with Crippen molar-refractivity contribution in [3.05, 3.63) is 114 Å². The number of hydrogen-bond acceptors (Lipinski definition) is 23. The highest BCUT2D eigenvalue weighted by atomic mass is 16.3. The van der Waals surface area contributed by atoms with Gasteiger partial charge in [0, 0.05) is 30.4 Å². The molecule has 1 aliphatic rings. The van der Waals surface area contributed by atoms with Crippen molar-refractivity contribution in [3.63, 3.8) is 0 Å². The van der Waals surface area contributed by atoms with Crippen LogP contribution in [0.15, 0.2) is 97.2 Å². The smallest absolute Gasteiger partial charge is 0.243 e. The molecular formula is C80H117N13O15. The van der Waals surface area contributed by atoms with Crippen LogP contribution in [0.2, 0.25) is 0 Å².